The molecular formula is C16H24N2S. The Morgan fingerprint density at radius 3 is 2.21 bits per heavy atom. The topological polar surface area (TPSA) is 38.0 Å². The SMILES string of the molecule is Cc1ccc(C(NN)C2C3CC4CC(C3)CC2C4)s1. The Kier molecular flexibility index (Phi) is 2.98. The van der Waals surface area contributed by atoms with E-state index in [2.05, 4.69) is 24.5 Å². The van der Waals surface area contributed by atoms with Crippen molar-refractivity contribution >= 4 is 11.3 Å². The van der Waals surface area contributed by atoms with Gasteiger partial charge in [0.15, 0.2) is 0 Å². The fourth-order valence-corrected chi connectivity index (χ4v) is 6.51. The highest BCUT2D eigenvalue weighted by molar-refractivity contribution is 7.12. The van der Waals surface area contributed by atoms with E-state index < -0.39 is 0 Å². The molecule has 3 heteroatoms. The Labute approximate surface area is 119 Å². The highest BCUT2D eigenvalue weighted by Crippen LogP contribution is 2.59. The smallest absolute Gasteiger partial charge is 0.0586 e. The van der Waals surface area contributed by atoms with Crippen molar-refractivity contribution in [3.63, 3.8) is 0 Å². The van der Waals surface area contributed by atoms with E-state index in [4.69, 9.17) is 5.84 Å². The predicted molar refractivity (Wildman–Crippen MR) is 79.7 cm³/mol. The highest BCUT2D eigenvalue weighted by Gasteiger charge is 2.50. The summed E-state index contributed by atoms with van der Waals surface area (Å²) in [5, 5.41) is 0. The molecule has 0 aromatic carbocycles. The molecule has 19 heavy (non-hydrogen) atoms. The molecule has 4 saturated carbocycles. The van der Waals surface area contributed by atoms with Gasteiger partial charge in [0.05, 0.1) is 6.04 Å². The molecular weight excluding hydrogens is 252 g/mol. The third-order valence-corrected chi connectivity index (χ3v) is 7.02. The summed E-state index contributed by atoms with van der Waals surface area (Å²) in [4.78, 5) is 2.86. The molecule has 1 unspecified atom stereocenters. The number of thiophene rings is 1. The zero-order valence-corrected chi connectivity index (χ0v) is 12.5. The molecule has 4 bridgehead atoms. The van der Waals surface area contributed by atoms with E-state index >= 15 is 0 Å². The summed E-state index contributed by atoms with van der Waals surface area (Å²) in [7, 11) is 0. The molecule has 0 saturated heterocycles. The summed E-state index contributed by atoms with van der Waals surface area (Å²) in [5.41, 5.74) is 3.17. The van der Waals surface area contributed by atoms with Gasteiger partial charge in [-0.1, -0.05) is 0 Å². The Hall–Kier alpha value is -0.380. The number of rotatable bonds is 3. The quantitative estimate of drug-likeness (QED) is 0.653. The fourth-order valence-electron chi connectivity index (χ4n) is 5.52. The Bertz CT molecular complexity index is 439. The molecule has 1 heterocycles. The number of aryl methyl sites for hydroxylation is 1. The molecule has 0 amide bonds. The monoisotopic (exact) mass is 276 g/mol. The van der Waals surface area contributed by atoms with E-state index in [-0.39, 0.29) is 0 Å². The average molecular weight is 276 g/mol. The van der Waals surface area contributed by atoms with Crippen LogP contribution in [-0.4, -0.2) is 0 Å². The molecule has 4 fully saturated rings. The molecule has 0 spiro atoms. The maximum absolute atomic E-state index is 5.95. The van der Waals surface area contributed by atoms with Gasteiger partial charge in [-0.2, -0.15) is 0 Å². The van der Waals surface area contributed by atoms with Crippen molar-refractivity contribution in [1.82, 2.24) is 5.43 Å². The van der Waals surface area contributed by atoms with Crippen molar-refractivity contribution in [2.45, 2.75) is 45.1 Å². The molecule has 4 aliphatic carbocycles. The minimum absolute atomic E-state index is 0.397. The standard InChI is InChI=1S/C16H24N2S/c1-9-2-3-14(19-9)16(18-17)15-12-5-10-4-11(7-12)8-13(15)6-10/h2-3,10-13,15-16,18H,4-8,17H2,1H3. The van der Waals surface area contributed by atoms with Crippen LogP contribution < -0.4 is 11.3 Å². The summed E-state index contributed by atoms with van der Waals surface area (Å²) in [6, 6.07) is 4.92. The van der Waals surface area contributed by atoms with Gasteiger partial charge in [0.25, 0.3) is 0 Å². The lowest BCUT2D eigenvalue weighted by Gasteiger charge is -2.56. The second-order valence-electron chi connectivity index (χ2n) is 7.10. The van der Waals surface area contributed by atoms with E-state index in [1.807, 2.05) is 11.3 Å². The van der Waals surface area contributed by atoms with Gasteiger partial charge in [-0.05, 0) is 80.8 Å². The first kappa shape index (κ1) is 12.4. The van der Waals surface area contributed by atoms with Crippen molar-refractivity contribution in [2.75, 3.05) is 0 Å². The molecule has 3 N–H and O–H groups in total. The van der Waals surface area contributed by atoms with Crippen molar-refractivity contribution < 1.29 is 0 Å². The molecule has 0 radical (unpaired) electrons. The summed E-state index contributed by atoms with van der Waals surface area (Å²) in [5.74, 6) is 10.7. The van der Waals surface area contributed by atoms with E-state index in [0.29, 0.717) is 6.04 Å². The number of nitrogens with two attached hydrogens (primary N) is 1. The van der Waals surface area contributed by atoms with Crippen molar-refractivity contribution in [3.8, 4) is 0 Å². The first-order valence-corrected chi connectivity index (χ1v) is 8.58. The molecule has 4 aliphatic rings. The normalized spacial score (nSPS) is 41.7. The number of hydrogen-bond donors (Lipinski definition) is 2. The van der Waals surface area contributed by atoms with Gasteiger partial charge in [0.1, 0.15) is 0 Å². The van der Waals surface area contributed by atoms with Crippen LogP contribution in [0.3, 0.4) is 0 Å². The average Bonchev–Trinajstić information content (AvgIpc) is 2.79. The minimum atomic E-state index is 0.397. The van der Waals surface area contributed by atoms with Gasteiger partial charge in [-0.25, -0.2) is 0 Å². The van der Waals surface area contributed by atoms with E-state index in [1.165, 1.54) is 41.9 Å². The maximum atomic E-state index is 5.95. The summed E-state index contributed by atoms with van der Waals surface area (Å²) in [6.45, 7) is 2.19. The van der Waals surface area contributed by atoms with Crippen LogP contribution in [0.1, 0.15) is 47.9 Å². The van der Waals surface area contributed by atoms with Gasteiger partial charge >= 0.3 is 0 Å². The molecule has 1 aromatic rings. The third-order valence-electron chi connectivity index (χ3n) is 5.93. The second kappa shape index (κ2) is 4.57. The van der Waals surface area contributed by atoms with E-state index in [9.17, 15) is 0 Å². The zero-order valence-electron chi connectivity index (χ0n) is 11.6. The Balaban J connectivity index is 1.63. The van der Waals surface area contributed by atoms with Crippen LogP contribution in [0.2, 0.25) is 0 Å². The molecule has 1 aromatic heterocycles. The lowest BCUT2D eigenvalue weighted by Crippen LogP contribution is -2.50. The number of nitrogens with one attached hydrogen (secondary N) is 1. The first-order chi connectivity index (χ1) is 9.24. The first-order valence-electron chi connectivity index (χ1n) is 7.77. The van der Waals surface area contributed by atoms with Crippen LogP contribution in [0.25, 0.3) is 0 Å². The van der Waals surface area contributed by atoms with Gasteiger partial charge in [0, 0.05) is 9.75 Å². The maximum Gasteiger partial charge on any atom is 0.0586 e. The van der Waals surface area contributed by atoms with Crippen molar-refractivity contribution in [2.24, 2.45) is 35.4 Å². The molecule has 2 nitrogen and oxygen atoms in total. The minimum Gasteiger partial charge on any atom is -0.271 e. The second-order valence-corrected chi connectivity index (χ2v) is 8.42. The van der Waals surface area contributed by atoms with Crippen LogP contribution in [0.5, 0.6) is 0 Å². The van der Waals surface area contributed by atoms with Gasteiger partial charge in [0.2, 0.25) is 0 Å². The lowest BCUT2D eigenvalue weighted by atomic mass is 9.50. The summed E-state index contributed by atoms with van der Waals surface area (Å²) < 4.78 is 0. The predicted octanol–water partition coefficient (Wildman–Crippen LogP) is 3.63. The van der Waals surface area contributed by atoms with Crippen LogP contribution in [0, 0.1) is 36.5 Å². The van der Waals surface area contributed by atoms with Crippen molar-refractivity contribution in [3.05, 3.63) is 21.9 Å². The van der Waals surface area contributed by atoms with Crippen LogP contribution in [-0.2, 0) is 0 Å². The molecule has 0 aliphatic heterocycles. The highest BCUT2D eigenvalue weighted by atomic mass is 32.1. The van der Waals surface area contributed by atoms with Crippen LogP contribution in [0.15, 0.2) is 12.1 Å². The molecule has 1 atom stereocenters. The van der Waals surface area contributed by atoms with Crippen LogP contribution in [0.4, 0.5) is 0 Å². The van der Waals surface area contributed by atoms with Gasteiger partial charge in [-0.15, -0.1) is 11.3 Å². The fraction of sp³-hybridized carbons (Fsp3) is 0.750. The van der Waals surface area contributed by atoms with Crippen LogP contribution >= 0.6 is 11.3 Å². The van der Waals surface area contributed by atoms with Crippen molar-refractivity contribution in [1.29, 1.82) is 0 Å². The third kappa shape index (κ3) is 1.98. The zero-order chi connectivity index (χ0) is 13.0. The summed E-state index contributed by atoms with van der Waals surface area (Å²) >= 11 is 1.92. The Morgan fingerprint density at radius 1 is 1.11 bits per heavy atom. The Morgan fingerprint density at radius 2 is 1.74 bits per heavy atom. The van der Waals surface area contributed by atoms with E-state index in [1.54, 1.807) is 0 Å². The largest absolute Gasteiger partial charge is 0.271 e. The molecule has 104 valence electrons. The van der Waals surface area contributed by atoms with E-state index in [0.717, 1.165) is 29.6 Å². The number of hydrogen-bond acceptors (Lipinski definition) is 3. The van der Waals surface area contributed by atoms with Gasteiger partial charge in [-0.3, -0.25) is 11.3 Å². The molecule has 5 rings (SSSR count). The van der Waals surface area contributed by atoms with Gasteiger partial charge < -0.3 is 0 Å². The lowest BCUT2D eigenvalue weighted by molar-refractivity contribution is -0.0520. The summed E-state index contributed by atoms with van der Waals surface area (Å²) in [6.07, 6.45) is 7.42. The number of hydrazine groups is 1.